The summed E-state index contributed by atoms with van der Waals surface area (Å²) in [6.07, 6.45) is 3.68. The van der Waals surface area contributed by atoms with Crippen LogP contribution in [0.5, 0.6) is 0 Å². The van der Waals surface area contributed by atoms with Crippen molar-refractivity contribution < 1.29 is 0 Å². The van der Waals surface area contributed by atoms with E-state index in [4.69, 9.17) is 0 Å². The molecule has 3 aromatic rings. The number of aromatic nitrogens is 2. The number of pyridine rings is 1. The Kier molecular flexibility index (Phi) is 3.57. The Morgan fingerprint density at radius 2 is 1.83 bits per heavy atom. The van der Waals surface area contributed by atoms with Gasteiger partial charge in [-0.1, -0.05) is 18.2 Å². The lowest BCUT2D eigenvalue weighted by Crippen LogP contribution is -1.84. The van der Waals surface area contributed by atoms with E-state index in [0.29, 0.717) is 0 Å². The van der Waals surface area contributed by atoms with E-state index in [1.54, 1.807) is 11.5 Å². The van der Waals surface area contributed by atoms with Crippen molar-refractivity contribution in [2.75, 3.05) is 0 Å². The molecule has 18 heavy (non-hydrogen) atoms. The highest BCUT2D eigenvalue weighted by molar-refractivity contribution is 7.97. The first-order chi connectivity index (χ1) is 8.93. The van der Waals surface area contributed by atoms with E-state index >= 15 is 0 Å². The Balaban J connectivity index is 1.67. The van der Waals surface area contributed by atoms with Crippen molar-refractivity contribution in [1.29, 1.82) is 0 Å². The average molecular weight is 272 g/mol. The zero-order valence-corrected chi connectivity index (χ0v) is 11.4. The van der Waals surface area contributed by atoms with Crippen molar-refractivity contribution in [3.8, 4) is 0 Å². The molecule has 0 aliphatic carbocycles. The lowest BCUT2D eigenvalue weighted by atomic mass is 10.2. The summed E-state index contributed by atoms with van der Waals surface area (Å²) in [6, 6.07) is 12.5. The summed E-state index contributed by atoms with van der Waals surface area (Å²) in [5, 5.41) is 1.30. The minimum absolute atomic E-state index is 0.965. The van der Waals surface area contributed by atoms with Gasteiger partial charge in [-0.05, 0) is 35.3 Å². The first-order valence-corrected chi connectivity index (χ1v) is 7.66. The fourth-order valence-corrected chi connectivity index (χ4v) is 3.61. The van der Waals surface area contributed by atoms with E-state index in [0.717, 1.165) is 11.5 Å². The molecule has 0 bridgehead atoms. The van der Waals surface area contributed by atoms with Gasteiger partial charge in [0.15, 0.2) is 0 Å². The zero-order valence-electron chi connectivity index (χ0n) is 9.74. The first kappa shape index (κ1) is 11.7. The molecule has 3 rings (SSSR count). The minimum atomic E-state index is 0.965. The van der Waals surface area contributed by atoms with Gasteiger partial charge < -0.3 is 0 Å². The minimum Gasteiger partial charge on any atom is -0.265 e. The molecule has 0 amide bonds. The van der Waals surface area contributed by atoms with E-state index in [-0.39, 0.29) is 0 Å². The van der Waals surface area contributed by atoms with Gasteiger partial charge in [-0.15, -0.1) is 0 Å². The number of hydrogen-bond acceptors (Lipinski definition) is 4. The molecule has 0 saturated heterocycles. The van der Waals surface area contributed by atoms with Crippen molar-refractivity contribution in [2.24, 2.45) is 0 Å². The molecule has 0 aliphatic heterocycles. The summed E-state index contributed by atoms with van der Waals surface area (Å²) < 4.78 is 5.81. The third-order valence-electron chi connectivity index (χ3n) is 2.71. The number of thioether (sulfide) groups is 1. The SMILES string of the molecule is c1ccc2c(CSCc3ccncc3)nsc2c1. The summed E-state index contributed by atoms with van der Waals surface area (Å²) >= 11 is 3.48. The average Bonchev–Trinajstić information content (AvgIpc) is 2.84. The van der Waals surface area contributed by atoms with Crippen LogP contribution in [0.25, 0.3) is 10.1 Å². The van der Waals surface area contributed by atoms with Crippen LogP contribution in [0.3, 0.4) is 0 Å². The molecule has 1 aromatic carbocycles. The highest BCUT2D eigenvalue weighted by Crippen LogP contribution is 2.26. The van der Waals surface area contributed by atoms with Gasteiger partial charge in [0, 0.05) is 29.3 Å². The van der Waals surface area contributed by atoms with Gasteiger partial charge in [0.05, 0.1) is 10.4 Å². The summed E-state index contributed by atoms with van der Waals surface area (Å²) in [5.74, 6) is 1.97. The van der Waals surface area contributed by atoms with Gasteiger partial charge in [-0.2, -0.15) is 16.1 Å². The molecule has 4 heteroatoms. The van der Waals surface area contributed by atoms with Crippen LogP contribution in [0.1, 0.15) is 11.3 Å². The van der Waals surface area contributed by atoms with Gasteiger partial charge in [0.2, 0.25) is 0 Å². The maximum Gasteiger partial charge on any atom is 0.0719 e. The second kappa shape index (κ2) is 5.50. The van der Waals surface area contributed by atoms with E-state index in [1.807, 2.05) is 24.2 Å². The molecule has 2 nitrogen and oxygen atoms in total. The van der Waals surface area contributed by atoms with Crippen LogP contribution in [0, 0.1) is 0 Å². The number of benzene rings is 1. The van der Waals surface area contributed by atoms with Crippen molar-refractivity contribution in [2.45, 2.75) is 11.5 Å². The van der Waals surface area contributed by atoms with E-state index in [1.165, 1.54) is 21.3 Å². The summed E-state index contributed by atoms with van der Waals surface area (Å²) in [4.78, 5) is 4.02. The molecule has 0 N–H and O–H groups in total. The topological polar surface area (TPSA) is 25.8 Å². The van der Waals surface area contributed by atoms with Crippen LogP contribution in [-0.2, 0) is 11.5 Å². The highest BCUT2D eigenvalue weighted by Gasteiger charge is 2.05. The highest BCUT2D eigenvalue weighted by atomic mass is 32.2. The Morgan fingerprint density at radius 3 is 2.72 bits per heavy atom. The number of rotatable bonds is 4. The fraction of sp³-hybridized carbons (Fsp3) is 0.143. The second-order valence-electron chi connectivity index (χ2n) is 3.97. The lowest BCUT2D eigenvalue weighted by molar-refractivity contribution is 1.26. The van der Waals surface area contributed by atoms with Gasteiger partial charge in [-0.25, -0.2) is 0 Å². The van der Waals surface area contributed by atoms with Gasteiger partial charge in [0.25, 0.3) is 0 Å². The second-order valence-corrected chi connectivity index (χ2v) is 5.76. The molecule has 0 saturated carbocycles. The number of nitrogens with zero attached hydrogens (tertiary/aromatic N) is 2. The first-order valence-electron chi connectivity index (χ1n) is 5.73. The molecule has 2 heterocycles. The Bertz CT molecular complexity index is 634. The molecule has 0 aliphatic rings. The molecule has 0 spiro atoms. The largest absolute Gasteiger partial charge is 0.265 e. The Labute approximate surface area is 114 Å². The smallest absolute Gasteiger partial charge is 0.0719 e. The molecule has 0 atom stereocenters. The standard InChI is InChI=1S/C14H12N2S2/c1-2-4-14-12(3-1)13(16-18-14)10-17-9-11-5-7-15-8-6-11/h1-8H,9-10H2. The summed E-state index contributed by atoms with van der Waals surface area (Å²) in [5.41, 5.74) is 2.52. The van der Waals surface area contributed by atoms with Crippen LogP contribution in [-0.4, -0.2) is 9.36 Å². The Morgan fingerprint density at radius 1 is 1.00 bits per heavy atom. The van der Waals surface area contributed by atoms with Gasteiger partial charge in [0.1, 0.15) is 0 Å². The molecule has 0 fully saturated rings. The van der Waals surface area contributed by atoms with Crippen LogP contribution in [0.4, 0.5) is 0 Å². The molecule has 2 aromatic heterocycles. The van der Waals surface area contributed by atoms with Crippen molar-refractivity contribution >= 4 is 33.4 Å². The lowest BCUT2D eigenvalue weighted by Gasteiger charge is -2.00. The normalized spacial score (nSPS) is 10.9. The van der Waals surface area contributed by atoms with Crippen molar-refractivity contribution in [3.05, 3.63) is 60.0 Å². The van der Waals surface area contributed by atoms with Crippen LogP contribution in [0.15, 0.2) is 48.8 Å². The van der Waals surface area contributed by atoms with Gasteiger partial charge >= 0.3 is 0 Å². The monoisotopic (exact) mass is 272 g/mol. The van der Waals surface area contributed by atoms with Crippen molar-refractivity contribution in [3.63, 3.8) is 0 Å². The van der Waals surface area contributed by atoms with Gasteiger partial charge in [-0.3, -0.25) is 4.98 Å². The third kappa shape index (κ3) is 2.54. The molecule has 90 valence electrons. The predicted octanol–water partition coefficient (Wildman–Crippen LogP) is 4.12. The zero-order chi connectivity index (χ0) is 12.2. The van der Waals surface area contributed by atoms with E-state index in [9.17, 15) is 0 Å². The van der Waals surface area contributed by atoms with Crippen LogP contribution >= 0.6 is 23.3 Å². The maximum absolute atomic E-state index is 4.53. The van der Waals surface area contributed by atoms with Crippen molar-refractivity contribution in [1.82, 2.24) is 9.36 Å². The third-order valence-corrected chi connectivity index (χ3v) is 4.59. The van der Waals surface area contributed by atoms with Crippen LogP contribution < -0.4 is 0 Å². The molecule has 0 unspecified atom stereocenters. The van der Waals surface area contributed by atoms with Crippen LogP contribution in [0.2, 0.25) is 0 Å². The maximum atomic E-state index is 4.53. The molecular weight excluding hydrogens is 260 g/mol. The Hall–Kier alpha value is -1.39. The fourth-order valence-electron chi connectivity index (χ4n) is 1.79. The summed E-state index contributed by atoms with van der Waals surface area (Å²) in [7, 11) is 0. The molecular formula is C14H12N2S2. The molecule has 0 radical (unpaired) electrons. The number of hydrogen-bond donors (Lipinski definition) is 0. The quantitative estimate of drug-likeness (QED) is 0.714. The summed E-state index contributed by atoms with van der Waals surface area (Å²) in [6.45, 7) is 0. The number of fused-ring (bicyclic) bond motifs is 1. The van der Waals surface area contributed by atoms with E-state index in [2.05, 4.69) is 45.8 Å². The van der Waals surface area contributed by atoms with E-state index < -0.39 is 0 Å². The predicted molar refractivity (Wildman–Crippen MR) is 78.9 cm³/mol.